The molecule has 29 heteroatoms. The molecule has 0 radical (unpaired) electrons. The number of aromatic nitrogens is 8. The van der Waals surface area contributed by atoms with Crippen molar-refractivity contribution in [3.05, 3.63) is 89.0 Å². The van der Waals surface area contributed by atoms with Crippen molar-refractivity contribution >= 4 is 71.8 Å². The first-order valence-electron chi connectivity index (χ1n) is 21.9. The van der Waals surface area contributed by atoms with Crippen molar-refractivity contribution in [1.82, 2.24) is 39.0 Å². The number of nitrogens with two attached hydrogens (primary N) is 2. The maximum atomic E-state index is 16.8. The van der Waals surface area contributed by atoms with Gasteiger partial charge in [-0.1, -0.05) is 31.9 Å². The first-order chi connectivity index (χ1) is 34.0. The molecular weight excluding hydrogens is 1000 g/mol. The summed E-state index contributed by atoms with van der Waals surface area (Å²) in [5, 5.41) is 0. The third-order valence-corrected chi connectivity index (χ3v) is 15.8. The largest absolute Gasteiger partial charge is 0.427 e. The smallest absolute Gasteiger partial charge is 0.390 e. The predicted octanol–water partition coefficient (Wildman–Crippen LogP) is 5.94. The maximum Gasteiger partial charge on any atom is 0.390 e. The minimum atomic E-state index is -4.66. The number of aromatic amines is 1. The lowest BCUT2D eigenvalue weighted by molar-refractivity contribution is -0.134. The van der Waals surface area contributed by atoms with Crippen LogP contribution >= 0.6 is 25.8 Å². The summed E-state index contributed by atoms with van der Waals surface area (Å²) >= 11 is 0.615. The van der Waals surface area contributed by atoms with Crippen molar-refractivity contribution in [3.8, 4) is 11.5 Å². The summed E-state index contributed by atoms with van der Waals surface area (Å²) in [6.07, 6.45) is -5.92. The fourth-order valence-corrected chi connectivity index (χ4v) is 11.7. The topological polar surface area (TPSA) is 322 Å². The minimum Gasteiger partial charge on any atom is -0.427 e. The average Bonchev–Trinajstić information content (AvgIpc) is 4.12. The van der Waals surface area contributed by atoms with Gasteiger partial charge in [0.25, 0.3) is 5.56 Å². The number of rotatable bonds is 22. The Hall–Kier alpha value is -5.73. The molecule has 2 unspecified atom stereocenters. The van der Waals surface area contributed by atoms with Gasteiger partial charge in [0.2, 0.25) is 5.95 Å². The van der Waals surface area contributed by atoms with Crippen LogP contribution in [0.15, 0.2) is 72.3 Å². The number of methoxy groups -OCH3 is 1. The lowest BCUT2D eigenvalue weighted by atomic mass is 10.1. The number of benzene rings is 2. The highest BCUT2D eigenvalue weighted by Gasteiger charge is 2.52. The highest BCUT2D eigenvalue weighted by atomic mass is 32.7. The highest BCUT2D eigenvalue weighted by Crippen LogP contribution is 2.64. The van der Waals surface area contributed by atoms with E-state index in [0.29, 0.717) is 23.4 Å². The Morgan fingerprint density at radius 1 is 0.901 bits per heavy atom. The highest BCUT2D eigenvalue weighted by molar-refractivity contribution is 8.54. The third-order valence-electron chi connectivity index (χ3n) is 11.0. The number of alkyl halides is 2. The van der Waals surface area contributed by atoms with Gasteiger partial charge in [0.1, 0.15) is 48.1 Å². The molecule has 0 aliphatic carbocycles. The summed E-state index contributed by atoms with van der Waals surface area (Å²) in [5.41, 5.74) is 11.7. The van der Waals surface area contributed by atoms with Gasteiger partial charge < -0.3 is 44.6 Å². The molecule has 24 nitrogen and oxygen atoms in total. The molecule has 2 aliphatic rings. The first-order valence-corrected chi connectivity index (χ1v) is 26.8. The Bertz CT molecular complexity index is 3010. The van der Waals surface area contributed by atoms with Gasteiger partial charge in [-0.05, 0) is 59.8 Å². The van der Waals surface area contributed by atoms with Crippen LogP contribution in [0.3, 0.4) is 0 Å². The molecule has 0 saturated carbocycles. The molecule has 6 N–H and O–H groups in total. The van der Waals surface area contributed by atoms with Gasteiger partial charge in [-0.25, -0.2) is 38.1 Å². The quantitative estimate of drug-likeness (QED) is 0.0264. The van der Waals surface area contributed by atoms with Gasteiger partial charge in [-0.15, -0.1) is 0 Å². The summed E-state index contributed by atoms with van der Waals surface area (Å²) in [7, 11) is -3.25. The number of ether oxygens (including phenoxy) is 5. The molecule has 6 aromatic rings. The molecule has 380 valence electrons. The fraction of sp³-hybridized carbons (Fsp3) is 0.429. The lowest BCUT2D eigenvalue weighted by Crippen LogP contribution is -2.32. The van der Waals surface area contributed by atoms with Gasteiger partial charge in [-0.3, -0.25) is 37.3 Å². The number of nitrogens with one attached hydrogen (secondary N) is 1. The number of unbranched alkanes of at least 4 members (excludes halogenated alkanes) is 2. The van der Waals surface area contributed by atoms with Crippen LogP contribution in [0, 0.1) is 0 Å². The Morgan fingerprint density at radius 2 is 1.61 bits per heavy atom. The number of nitrogens with zero attached hydrogens (tertiary/aromatic N) is 7. The van der Waals surface area contributed by atoms with Crippen molar-refractivity contribution in [1.29, 1.82) is 0 Å². The van der Waals surface area contributed by atoms with Crippen LogP contribution in [0.4, 0.5) is 20.5 Å². The van der Waals surface area contributed by atoms with E-state index >= 15 is 13.3 Å². The number of anilines is 2. The minimum absolute atomic E-state index is 0.0673. The summed E-state index contributed by atoms with van der Waals surface area (Å²) in [4.78, 5) is 70.8. The summed E-state index contributed by atoms with van der Waals surface area (Å²) in [5.74, 6) is -1.02. The second-order valence-electron chi connectivity index (χ2n) is 16.2. The van der Waals surface area contributed by atoms with E-state index in [1.54, 1.807) is 12.1 Å². The van der Waals surface area contributed by atoms with Crippen LogP contribution in [-0.2, 0) is 47.5 Å². The molecule has 2 saturated heterocycles. The first kappa shape index (κ1) is 51.6. The van der Waals surface area contributed by atoms with Crippen LogP contribution in [-0.4, -0.2) is 113 Å². The number of carbonyl (C=O) groups is 2. The number of H-pyrrole nitrogens is 1. The number of nitrogen functional groups attached to an aromatic ring is 2. The number of carbonyl (C=O) groups excluding carboxylic acids is 2. The van der Waals surface area contributed by atoms with Crippen molar-refractivity contribution in [3.63, 3.8) is 0 Å². The summed E-state index contributed by atoms with van der Waals surface area (Å²) in [6.45, 7) is -4.00. The van der Waals surface area contributed by atoms with Gasteiger partial charge in [0, 0.05) is 25.7 Å². The van der Waals surface area contributed by atoms with E-state index in [4.69, 9.17) is 48.7 Å². The molecule has 0 amide bonds. The predicted molar refractivity (Wildman–Crippen MR) is 250 cm³/mol. The van der Waals surface area contributed by atoms with E-state index in [1.165, 1.54) is 53.6 Å². The zero-order chi connectivity index (χ0) is 50.5. The SMILES string of the molecule is CCCCCC(=O)Oc1ccc(C(=O)Oc2ccc(CSP(=O)(OC[C@@H]3C[C@@H](F)[C@H](n4cnc5c(N)ncnc54)O3)O[C@@H]3[C@H](F)[C@@H](COP(=O)(O)COC)O[C@H]3n3cnc4c(=O)[nH]c(N)nc43)cc2)cc1. The number of hydrogen-bond acceptors (Lipinski definition) is 21. The molecule has 6 heterocycles. The standard InChI is InChI=1S/C42H48F2N10O14P2S/c1-3-4-5-6-30(55)64-25-13-9-24(10-14-25)41(57)66-26-11-7-23(8-12-26)18-71-70(60,63-16-27-15-28(43)39(65-27)53-20-49-32-35(45)47-19-48-36(32)53)68-34-31(44)29(17-62-69(58,59)22-61-2)67-40(34)54-21-50-33-37(54)51-42(46)52-38(33)56/h7-14,19-21,27-29,31,34,39-40H,3-6,15-18,22H2,1-2H3,(H,58,59)(H2,45,47,48)(H3,46,51,52,56)/t27-,28+,29+,31+,34+,39+,40+,70?/m0/s1. The van der Waals surface area contributed by atoms with E-state index in [2.05, 4.69) is 29.9 Å². The van der Waals surface area contributed by atoms with Crippen molar-refractivity contribution in [2.75, 3.05) is 38.1 Å². The van der Waals surface area contributed by atoms with Gasteiger partial charge in [-0.2, -0.15) is 4.98 Å². The van der Waals surface area contributed by atoms with Crippen molar-refractivity contribution < 1.29 is 69.6 Å². The zero-order valence-corrected chi connectivity index (χ0v) is 40.5. The molecule has 9 atom stereocenters. The number of halogens is 2. The van der Waals surface area contributed by atoms with Gasteiger partial charge in [0.05, 0.1) is 37.5 Å². The number of esters is 2. The summed E-state index contributed by atoms with van der Waals surface area (Å²) < 4.78 is 108. The Balaban J connectivity index is 1.01. The van der Waals surface area contributed by atoms with Crippen LogP contribution in [0.1, 0.15) is 67.4 Å². The second kappa shape index (κ2) is 22.4. The lowest BCUT2D eigenvalue weighted by Gasteiger charge is -2.26. The molecule has 8 rings (SSSR count). The number of imidazole rings is 2. The molecule has 2 aromatic carbocycles. The molecule has 2 fully saturated rings. The van der Waals surface area contributed by atoms with Gasteiger partial charge >= 0.3 is 26.3 Å². The zero-order valence-electron chi connectivity index (χ0n) is 37.9. The maximum absolute atomic E-state index is 16.8. The molecule has 4 aromatic heterocycles. The Labute approximate surface area is 405 Å². The third kappa shape index (κ3) is 12.3. The van der Waals surface area contributed by atoms with Gasteiger partial charge in [0.15, 0.2) is 41.3 Å². The van der Waals surface area contributed by atoms with Crippen LogP contribution in [0.2, 0.25) is 0 Å². The van der Waals surface area contributed by atoms with E-state index in [0.717, 1.165) is 30.8 Å². The molecule has 0 spiro atoms. The van der Waals surface area contributed by atoms with E-state index in [9.17, 15) is 23.8 Å². The van der Waals surface area contributed by atoms with Crippen LogP contribution < -0.4 is 26.5 Å². The van der Waals surface area contributed by atoms with E-state index in [-0.39, 0.29) is 75.7 Å². The fourth-order valence-electron chi connectivity index (χ4n) is 7.55. The van der Waals surface area contributed by atoms with Crippen molar-refractivity contribution in [2.45, 2.75) is 87.9 Å². The average molecular weight is 1050 g/mol. The Morgan fingerprint density at radius 3 is 2.34 bits per heavy atom. The monoisotopic (exact) mass is 1050 g/mol. The molecule has 71 heavy (non-hydrogen) atoms. The normalized spacial score (nSPS) is 22.9. The van der Waals surface area contributed by atoms with E-state index < -0.39 is 88.6 Å². The summed E-state index contributed by atoms with van der Waals surface area (Å²) in [6, 6.07) is 12.0. The molecule has 0 bridgehead atoms. The van der Waals surface area contributed by atoms with E-state index in [1.807, 2.05) is 6.92 Å². The van der Waals surface area contributed by atoms with Crippen molar-refractivity contribution in [2.24, 2.45) is 0 Å². The number of hydrogen-bond donors (Lipinski definition) is 4. The second-order valence-corrected chi connectivity index (χ2v) is 22.0. The Kier molecular flexibility index (Phi) is 16.3. The molecular formula is C42H48F2N10O14P2S. The number of fused-ring (bicyclic) bond motifs is 2. The van der Waals surface area contributed by atoms with Crippen LogP contribution in [0.25, 0.3) is 22.3 Å². The van der Waals surface area contributed by atoms with Crippen LogP contribution in [0.5, 0.6) is 11.5 Å². The molecule has 2 aliphatic heterocycles.